The molecule has 6 heteroatoms. The maximum Gasteiger partial charge on any atom is 0.276 e. The van der Waals surface area contributed by atoms with Crippen molar-refractivity contribution in [3.8, 4) is 22.4 Å². The van der Waals surface area contributed by atoms with Crippen LogP contribution in [0.25, 0.3) is 32.5 Å². The Hall–Kier alpha value is -2.86. The summed E-state index contributed by atoms with van der Waals surface area (Å²) >= 11 is 1.55. The second-order valence-corrected chi connectivity index (χ2v) is 6.17. The second-order valence-electron chi connectivity index (χ2n) is 5.29. The Balaban J connectivity index is 2.08. The van der Waals surface area contributed by atoms with E-state index in [2.05, 4.69) is 15.1 Å². The van der Waals surface area contributed by atoms with Crippen molar-refractivity contribution in [1.29, 1.82) is 0 Å². The van der Waals surface area contributed by atoms with Gasteiger partial charge in [0.05, 0.1) is 10.1 Å². The van der Waals surface area contributed by atoms with Gasteiger partial charge in [0.1, 0.15) is 5.69 Å². The SMILES string of the molecule is CCn1nc(-c2ccncc2)c2scc(-c3ccncc3)c2c1=O. The van der Waals surface area contributed by atoms with Crippen LogP contribution in [-0.4, -0.2) is 19.7 Å². The van der Waals surface area contributed by atoms with Gasteiger partial charge in [0.15, 0.2) is 0 Å². The van der Waals surface area contributed by atoms with Crippen molar-refractivity contribution in [2.45, 2.75) is 13.5 Å². The molecule has 0 unspecified atom stereocenters. The maximum atomic E-state index is 12.9. The Kier molecular flexibility index (Phi) is 3.66. The number of hydrogen-bond donors (Lipinski definition) is 0. The van der Waals surface area contributed by atoms with E-state index in [0.29, 0.717) is 6.54 Å². The van der Waals surface area contributed by atoms with Gasteiger partial charge >= 0.3 is 0 Å². The molecule has 4 rings (SSSR count). The van der Waals surface area contributed by atoms with Gasteiger partial charge in [-0.2, -0.15) is 5.10 Å². The fraction of sp³-hybridized carbons (Fsp3) is 0.111. The molecule has 0 saturated carbocycles. The van der Waals surface area contributed by atoms with E-state index in [1.54, 1.807) is 36.1 Å². The lowest BCUT2D eigenvalue weighted by atomic mass is 10.1. The molecule has 0 bridgehead atoms. The quantitative estimate of drug-likeness (QED) is 0.574. The first-order valence-corrected chi connectivity index (χ1v) is 8.50. The van der Waals surface area contributed by atoms with Crippen LogP contribution in [0.15, 0.2) is 59.2 Å². The van der Waals surface area contributed by atoms with E-state index < -0.39 is 0 Å². The normalized spacial score (nSPS) is 11.0. The molecule has 0 N–H and O–H groups in total. The highest BCUT2D eigenvalue weighted by molar-refractivity contribution is 7.18. The summed E-state index contributed by atoms with van der Waals surface area (Å²) in [5.74, 6) is 0. The molecule has 4 aromatic heterocycles. The van der Waals surface area contributed by atoms with Crippen LogP contribution < -0.4 is 5.56 Å². The molecular weight excluding hydrogens is 320 g/mol. The van der Waals surface area contributed by atoms with E-state index in [-0.39, 0.29) is 5.56 Å². The lowest BCUT2D eigenvalue weighted by Crippen LogP contribution is -2.22. The minimum Gasteiger partial charge on any atom is -0.267 e. The minimum absolute atomic E-state index is 0.0571. The van der Waals surface area contributed by atoms with Gasteiger partial charge < -0.3 is 0 Å². The maximum absolute atomic E-state index is 12.9. The van der Waals surface area contributed by atoms with Gasteiger partial charge in [-0.05, 0) is 36.8 Å². The molecule has 0 spiro atoms. The lowest BCUT2D eigenvalue weighted by molar-refractivity contribution is 0.627. The van der Waals surface area contributed by atoms with Crippen molar-refractivity contribution in [3.05, 3.63) is 64.8 Å². The van der Waals surface area contributed by atoms with Gasteiger partial charge in [0.25, 0.3) is 5.56 Å². The molecule has 118 valence electrons. The number of aromatic nitrogens is 4. The Morgan fingerprint density at radius 3 is 2.25 bits per heavy atom. The van der Waals surface area contributed by atoms with Crippen molar-refractivity contribution in [2.75, 3.05) is 0 Å². The number of pyridine rings is 2. The van der Waals surface area contributed by atoms with Crippen LogP contribution in [0.1, 0.15) is 6.92 Å². The van der Waals surface area contributed by atoms with Crippen molar-refractivity contribution in [3.63, 3.8) is 0 Å². The number of nitrogens with zero attached hydrogens (tertiary/aromatic N) is 4. The largest absolute Gasteiger partial charge is 0.276 e. The molecule has 24 heavy (non-hydrogen) atoms. The highest BCUT2D eigenvalue weighted by Gasteiger charge is 2.17. The molecule has 4 heterocycles. The average molecular weight is 334 g/mol. The zero-order chi connectivity index (χ0) is 16.5. The molecule has 0 amide bonds. The van der Waals surface area contributed by atoms with Crippen LogP contribution in [0.5, 0.6) is 0 Å². The number of thiophene rings is 1. The lowest BCUT2D eigenvalue weighted by Gasteiger charge is -2.08. The van der Waals surface area contributed by atoms with Gasteiger partial charge in [-0.25, -0.2) is 4.68 Å². The smallest absolute Gasteiger partial charge is 0.267 e. The van der Waals surface area contributed by atoms with E-state index in [1.165, 1.54) is 4.68 Å². The zero-order valence-electron chi connectivity index (χ0n) is 13.0. The molecule has 5 nitrogen and oxygen atoms in total. The summed E-state index contributed by atoms with van der Waals surface area (Å²) in [6.45, 7) is 2.45. The topological polar surface area (TPSA) is 60.7 Å². The molecule has 0 aliphatic rings. The summed E-state index contributed by atoms with van der Waals surface area (Å²) in [7, 11) is 0. The van der Waals surface area contributed by atoms with Gasteiger partial charge in [-0.15, -0.1) is 11.3 Å². The van der Waals surface area contributed by atoms with Crippen molar-refractivity contribution < 1.29 is 0 Å². The summed E-state index contributed by atoms with van der Waals surface area (Å²) in [5.41, 5.74) is 3.64. The Bertz CT molecular complexity index is 1060. The zero-order valence-corrected chi connectivity index (χ0v) is 13.8. The second kappa shape index (κ2) is 5.98. The van der Waals surface area contributed by atoms with Gasteiger partial charge in [0, 0.05) is 47.8 Å². The van der Waals surface area contributed by atoms with Crippen molar-refractivity contribution in [1.82, 2.24) is 19.7 Å². The fourth-order valence-electron chi connectivity index (χ4n) is 2.74. The summed E-state index contributed by atoms with van der Waals surface area (Å²) in [6, 6.07) is 7.67. The van der Waals surface area contributed by atoms with Crippen molar-refractivity contribution in [2.24, 2.45) is 0 Å². The predicted octanol–water partition coefficient (Wildman–Crippen LogP) is 3.60. The van der Waals surface area contributed by atoms with Gasteiger partial charge in [-0.3, -0.25) is 14.8 Å². The summed E-state index contributed by atoms with van der Waals surface area (Å²) in [5, 5.41) is 7.31. The standard InChI is InChI=1S/C18H14N4OS/c1-2-22-18(23)15-14(12-3-7-19-8-4-12)11-24-17(15)16(21-22)13-5-9-20-10-6-13/h3-11H,2H2,1H3. The van der Waals surface area contributed by atoms with E-state index >= 15 is 0 Å². The van der Waals surface area contributed by atoms with Crippen LogP contribution in [0.4, 0.5) is 0 Å². The summed E-state index contributed by atoms with van der Waals surface area (Å²) in [4.78, 5) is 21.0. The van der Waals surface area contributed by atoms with E-state index in [0.717, 1.165) is 32.5 Å². The Morgan fingerprint density at radius 1 is 1.00 bits per heavy atom. The molecule has 0 atom stereocenters. The molecule has 0 fully saturated rings. The minimum atomic E-state index is -0.0571. The molecular formula is C18H14N4OS. The van der Waals surface area contributed by atoms with Crippen LogP contribution in [-0.2, 0) is 6.54 Å². The van der Waals surface area contributed by atoms with Gasteiger partial charge in [-0.1, -0.05) is 0 Å². The Labute approximate surface area is 142 Å². The van der Waals surface area contributed by atoms with Crippen molar-refractivity contribution >= 4 is 21.4 Å². The van der Waals surface area contributed by atoms with E-state index in [1.807, 2.05) is 36.6 Å². The summed E-state index contributed by atoms with van der Waals surface area (Å²) < 4.78 is 2.43. The van der Waals surface area contributed by atoms with E-state index in [9.17, 15) is 4.79 Å². The third-order valence-electron chi connectivity index (χ3n) is 3.92. The average Bonchev–Trinajstić information content (AvgIpc) is 3.09. The van der Waals surface area contributed by atoms with Gasteiger partial charge in [0.2, 0.25) is 0 Å². The molecule has 0 aliphatic heterocycles. The molecule has 0 radical (unpaired) electrons. The van der Waals surface area contributed by atoms with Crippen LogP contribution in [0.2, 0.25) is 0 Å². The third kappa shape index (κ3) is 2.32. The monoisotopic (exact) mass is 334 g/mol. The molecule has 4 aromatic rings. The third-order valence-corrected chi connectivity index (χ3v) is 4.91. The highest BCUT2D eigenvalue weighted by Crippen LogP contribution is 2.36. The highest BCUT2D eigenvalue weighted by atomic mass is 32.1. The number of hydrogen-bond acceptors (Lipinski definition) is 5. The van der Waals surface area contributed by atoms with E-state index in [4.69, 9.17) is 0 Å². The fourth-order valence-corrected chi connectivity index (χ4v) is 3.82. The number of aryl methyl sites for hydroxylation is 1. The first-order chi connectivity index (χ1) is 11.8. The first kappa shape index (κ1) is 14.7. The number of rotatable bonds is 3. The summed E-state index contributed by atoms with van der Waals surface area (Å²) in [6.07, 6.45) is 6.95. The molecule has 0 aliphatic carbocycles. The predicted molar refractivity (Wildman–Crippen MR) is 96.0 cm³/mol. The van der Waals surface area contributed by atoms with Crippen LogP contribution in [0, 0.1) is 0 Å². The van der Waals surface area contributed by atoms with Crippen LogP contribution >= 0.6 is 11.3 Å². The number of fused-ring (bicyclic) bond motifs is 1. The molecule has 0 aromatic carbocycles. The Morgan fingerprint density at radius 2 is 1.62 bits per heavy atom. The van der Waals surface area contributed by atoms with Crippen LogP contribution in [0.3, 0.4) is 0 Å². The first-order valence-electron chi connectivity index (χ1n) is 7.62. The molecule has 0 saturated heterocycles.